The Labute approximate surface area is 90.7 Å². The highest BCUT2D eigenvalue weighted by Crippen LogP contribution is 2.38. The van der Waals surface area contributed by atoms with E-state index >= 15 is 0 Å². The van der Waals surface area contributed by atoms with Gasteiger partial charge in [-0.05, 0) is 12.2 Å². The van der Waals surface area contributed by atoms with Crippen LogP contribution in [0.5, 0.6) is 0 Å². The predicted molar refractivity (Wildman–Crippen MR) is 52.6 cm³/mol. The molecule has 0 aliphatic heterocycles. The van der Waals surface area contributed by atoms with E-state index in [-0.39, 0.29) is 16.5 Å². The van der Waals surface area contributed by atoms with Gasteiger partial charge in [0.1, 0.15) is 0 Å². The fraction of sp³-hybridized carbons (Fsp3) is 0.333. The Balaban J connectivity index is 3.12. The zero-order valence-corrected chi connectivity index (χ0v) is 9.25. The van der Waals surface area contributed by atoms with E-state index in [2.05, 4.69) is 0 Å². The molecule has 0 spiro atoms. The molecule has 0 radical (unpaired) electrons. The van der Waals surface area contributed by atoms with E-state index in [1.165, 1.54) is 6.08 Å². The number of halogens is 3. The largest absolute Gasteiger partial charge is 0.288 e. The lowest BCUT2D eigenvalue weighted by molar-refractivity contribution is 0.468. The second-order valence-electron chi connectivity index (χ2n) is 2.52. The van der Waals surface area contributed by atoms with E-state index in [1.807, 2.05) is 0 Å². The molecule has 1 aliphatic rings. The van der Waals surface area contributed by atoms with Crippen molar-refractivity contribution in [1.29, 1.82) is 0 Å². The lowest BCUT2D eigenvalue weighted by Gasteiger charge is -2.22. The molecule has 74 valence electrons. The highest BCUT2D eigenvalue weighted by Gasteiger charge is 2.41. The molecule has 0 fully saturated rings. The standard InChI is InChI=1S/C6H5Cl3O3S/c7-4-1-2-6(9,3-5(4)8)13(10,11)12/h1-2H,3H2,(H,10,11,12). The summed E-state index contributed by atoms with van der Waals surface area (Å²) in [5, 5.41) is 0.332. The van der Waals surface area contributed by atoms with Crippen molar-refractivity contribution in [2.45, 2.75) is 10.6 Å². The van der Waals surface area contributed by atoms with Gasteiger partial charge in [-0.25, -0.2) is 0 Å². The summed E-state index contributed by atoms with van der Waals surface area (Å²) in [4.78, 5) is 0. The third-order valence-corrected chi connectivity index (χ3v) is 4.33. The molecule has 1 unspecified atom stereocenters. The van der Waals surface area contributed by atoms with Gasteiger partial charge in [-0.3, -0.25) is 4.55 Å². The van der Waals surface area contributed by atoms with Crippen molar-refractivity contribution in [2.75, 3.05) is 0 Å². The molecule has 0 aromatic carbocycles. The number of hydrogen-bond acceptors (Lipinski definition) is 2. The van der Waals surface area contributed by atoms with Crippen LogP contribution in [0.1, 0.15) is 6.42 Å². The van der Waals surface area contributed by atoms with Gasteiger partial charge in [0.2, 0.25) is 0 Å². The summed E-state index contributed by atoms with van der Waals surface area (Å²) in [6, 6.07) is 0. The topological polar surface area (TPSA) is 54.4 Å². The molecule has 1 atom stereocenters. The van der Waals surface area contributed by atoms with Gasteiger partial charge >= 0.3 is 0 Å². The van der Waals surface area contributed by atoms with Gasteiger partial charge in [0.25, 0.3) is 10.1 Å². The molecule has 0 saturated heterocycles. The molecule has 1 N–H and O–H groups in total. The number of hydrogen-bond donors (Lipinski definition) is 1. The van der Waals surface area contributed by atoms with Crippen LogP contribution in [0.25, 0.3) is 0 Å². The summed E-state index contributed by atoms with van der Waals surface area (Å²) in [6.45, 7) is 0. The lowest BCUT2D eigenvalue weighted by Crippen LogP contribution is -2.31. The minimum atomic E-state index is -4.38. The lowest BCUT2D eigenvalue weighted by atomic mass is 10.2. The van der Waals surface area contributed by atoms with E-state index < -0.39 is 14.3 Å². The average molecular weight is 264 g/mol. The van der Waals surface area contributed by atoms with Gasteiger partial charge < -0.3 is 0 Å². The maximum absolute atomic E-state index is 10.8. The van der Waals surface area contributed by atoms with Gasteiger partial charge in [0.15, 0.2) is 4.21 Å². The number of alkyl halides is 1. The quantitative estimate of drug-likeness (QED) is 0.584. The summed E-state index contributed by atoms with van der Waals surface area (Å²) in [5.41, 5.74) is 0. The number of allylic oxidation sites excluding steroid dienone is 3. The Morgan fingerprint density at radius 1 is 1.46 bits per heavy atom. The van der Waals surface area contributed by atoms with Crippen LogP contribution >= 0.6 is 34.8 Å². The molecule has 3 nitrogen and oxygen atoms in total. The zero-order valence-electron chi connectivity index (χ0n) is 6.17. The summed E-state index contributed by atoms with van der Waals surface area (Å²) in [7, 11) is -4.38. The maximum Gasteiger partial charge on any atom is 0.288 e. The monoisotopic (exact) mass is 262 g/mol. The second kappa shape index (κ2) is 3.44. The van der Waals surface area contributed by atoms with Crippen LogP contribution in [0.2, 0.25) is 0 Å². The fourth-order valence-electron chi connectivity index (χ4n) is 0.820. The summed E-state index contributed by atoms with van der Waals surface area (Å²) < 4.78 is 28.5. The van der Waals surface area contributed by atoms with Crippen molar-refractivity contribution < 1.29 is 13.0 Å². The molecule has 13 heavy (non-hydrogen) atoms. The van der Waals surface area contributed by atoms with Crippen molar-refractivity contribution >= 4 is 44.9 Å². The highest BCUT2D eigenvalue weighted by atomic mass is 35.5. The number of rotatable bonds is 1. The summed E-state index contributed by atoms with van der Waals surface area (Å²) >= 11 is 16.8. The van der Waals surface area contributed by atoms with Crippen LogP contribution in [-0.2, 0) is 10.1 Å². The maximum atomic E-state index is 10.8. The van der Waals surface area contributed by atoms with Crippen LogP contribution in [0.4, 0.5) is 0 Å². The van der Waals surface area contributed by atoms with Crippen LogP contribution in [0, 0.1) is 0 Å². The van der Waals surface area contributed by atoms with Crippen molar-refractivity contribution in [2.24, 2.45) is 0 Å². The normalized spacial score (nSPS) is 29.5. The van der Waals surface area contributed by atoms with Crippen molar-refractivity contribution in [3.8, 4) is 0 Å². The first kappa shape index (κ1) is 11.3. The second-order valence-corrected chi connectivity index (χ2v) is 5.96. The molecule has 7 heteroatoms. The Kier molecular flexibility index (Phi) is 3.00. The third-order valence-electron chi connectivity index (χ3n) is 1.56. The first-order chi connectivity index (χ1) is 5.76. The van der Waals surface area contributed by atoms with Gasteiger partial charge in [-0.2, -0.15) is 8.42 Å². The molecule has 0 amide bonds. The van der Waals surface area contributed by atoms with Gasteiger partial charge in [0, 0.05) is 11.5 Å². The van der Waals surface area contributed by atoms with Crippen LogP contribution in [0.15, 0.2) is 22.2 Å². The Morgan fingerprint density at radius 2 is 2.00 bits per heavy atom. The van der Waals surface area contributed by atoms with Gasteiger partial charge in [0.05, 0.1) is 5.03 Å². The molecule has 1 aliphatic carbocycles. The Hall–Kier alpha value is 0.260. The Morgan fingerprint density at radius 3 is 2.38 bits per heavy atom. The molecule has 1 rings (SSSR count). The van der Waals surface area contributed by atoms with E-state index in [9.17, 15) is 8.42 Å². The van der Waals surface area contributed by atoms with E-state index in [4.69, 9.17) is 39.4 Å². The SMILES string of the molecule is O=S(=O)(O)C1(Cl)C=CC(Cl)=C(Cl)C1. The first-order valence-corrected chi connectivity index (χ1v) is 5.73. The highest BCUT2D eigenvalue weighted by molar-refractivity contribution is 7.88. The molecule has 0 aromatic heterocycles. The smallest absolute Gasteiger partial charge is 0.284 e. The summed E-state index contributed by atoms with van der Waals surface area (Å²) in [6.07, 6.45) is 2.11. The predicted octanol–water partition coefficient (Wildman–Crippen LogP) is 2.46. The Bertz CT molecular complexity index is 384. The minimum absolute atomic E-state index is 0.108. The summed E-state index contributed by atoms with van der Waals surface area (Å²) in [5.74, 6) is 0. The van der Waals surface area contributed by atoms with Crippen molar-refractivity contribution in [1.82, 2.24) is 0 Å². The average Bonchev–Trinajstić information content (AvgIpc) is 1.95. The fourth-order valence-corrected chi connectivity index (χ4v) is 2.13. The van der Waals surface area contributed by atoms with E-state index in [1.54, 1.807) is 0 Å². The van der Waals surface area contributed by atoms with Crippen molar-refractivity contribution in [3.63, 3.8) is 0 Å². The first-order valence-electron chi connectivity index (χ1n) is 3.15. The van der Waals surface area contributed by atoms with Crippen molar-refractivity contribution in [3.05, 3.63) is 22.2 Å². The van der Waals surface area contributed by atoms with E-state index in [0.717, 1.165) is 6.08 Å². The molecular weight excluding hydrogens is 258 g/mol. The van der Waals surface area contributed by atoms with E-state index in [0.29, 0.717) is 0 Å². The molecule has 0 heterocycles. The van der Waals surface area contributed by atoms with Gasteiger partial charge in [-0.15, -0.1) is 0 Å². The molecule has 0 bridgehead atoms. The van der Waals surface area contributed by atoms with Gasteiger partial charge in [-0.1, -0.05) is 34.8 Å². The molecule has 0 aromatic rings. The third kappa shape index (κ3) is 2.19. The van der Waals surface area contributed by atoms with Crippen LogP contribution < -0.4 is 0 Å². The van der Waals surface area contributed by atoms with Crippen LogP contribution in [-0.4, -0.2) is 17.2 Å². The molecule has 0 saturated carbocycles. The molecular formula is C6H5Cl3O3S. The minimum Gasteiger partial charge on any atom is -0.284 e. The zero-order chi connectivity index (χ0) is 10.3. The van der Waals surface area contributed by atoms with Crippen LogP contribution in [0.3, 0.4) is 0 Å².